The number of carboxylic acids is 1. The van der Waals surface area contributed by atoms with Gasteiger partial charge in [0.15, 0.2) is 5.96 Å². The molecule has 0 rings (SSSR count). The smallest absolute Gasteiger partial charge is 0.303 e. The van der Waals surface area contributed by atoms with Gasteiger partial charge in [0.25, 0.3) is 0 Å². The van der Waals surface area contributed by atoms with Gasteiger partial charge in [0.2, 0.25) is 47.3 Å². The Labute approximate surface area is 338 Å². The lowest BCUT2D eigenvalue weighted by atomic mass is 10.00. The van der Waals surface area contributed by atoms with Crippen molar-refractivity contribution in [2.75, 3.05) is 19.6 Å². The van der Waals surface area contributed by atoms with E-state index in [9.17, 15) is 43.2 Å². The van der Waals surface area contributed by atoms with Gasteiger partial charge in [-0.15, -0.1) is 0 Å². The number of hydrogen-bond acceptors (Lipinski definition) is 12. The number of guanidine groups is 1. The summed E-state index contributed by atoms with van der Waals surface area (Å²) in [6, 6.07) is -7.61. The molecule has 0 aliphatic heterocycles. The van der Waals surface area contributed by atoms with Crippen molar-refractivity contribution in [1.82, 2.24) is 31.9 Å². The molecule has 23 nitrogen and oxygen atoms in total. The second-order valence-electron chi connectivity index (χ2n) is 14.1. The summed E-state index contributed by atoms with van der Waals surface area (Å²) in [7, 11) is 0. The van der Waals surface area contributed by atoms with Crippen molar-refractivity contribution in [2.45, 2.75) is 134 Å². The molecule has 6 atom stereocenters. The zero-order chi connectivity index (χ0) is 44.4. The third kappa shape index (κ3) is 22.8. The number of nitrogens with zero attached hydrogens (tertiary/aromatic N) is 1. The van der Waals surface area contributed by atoms with E-state index in [1.807, 2.05) is 0 Å². The van der Waals surface area contributed by atoms with E-state index in [1.165, 1.54) is 0 Å². The highest BCUT2D eigenvalue weighted by molar-refractivity contribution is 5.97. The molecule has 23 heteroatoms. The van der Waals surface area contributed by atoms with Gasteiger partial charge < -0.3 is 71.4 Å². The minimum absolute atomic E-state index is 0.0443. The van der Waals surface area contributed by atoms with Gasteiger partial charge in [0.1, 0.15) is 36.3 Å². The molecule has 0 unspecified atom stereocenters. The monoisotopic (exact) mass is 827 g/mol. The molecule has 0 spiro atoms. The van der Waals surface area contributed by atoms with E-state index in [-0.39, 0.29) is 70.5 Å². The number of primary amides is 2. The molecule has 0 heterocycles. The third-order valence-corrected chi connectivity index (χ3v) is 8.67. The van der Waals surface area contributed by atoms with Crippen LogP contribution in [-0.2, 0) is 43.2 Å². The van der Waals surface area contributed by atoms with Crippen LogP contribution in [0.25, 0.3) is 0 Å². The summed E-state index contributed by atoms with van der Waals surface area (Å²) in [5.74, 6) is -8.21. The van der Waals surface area contributed by atoms with E-state index in [4.69, 9.17) is 39.5 Å². The maximum Gasteiger partial charge on any atom is 0.303 e. The highest BCUT2D eigenvalue weighted by Gasteiger charge is 2.34. The molecular weight excluding hydrogens is 762 g/mol. The molecule has 0 saturated heterocycles. The summed E-state index contributed by atoms with van der Waals surface area (Å²) in [5, 5.41) is 24.3. The fraction of sp³-hybridized carbons (Fsp3) is 0.714. The maximum atomic E-state index is 13.9. The van der Waals surface area contributed by atoms with Crippen molar-refractivity contribution >= 4 is 59.2 Å². The summed E-state index contributed by atoms with van der Waals surface area (Å²) in [4.78, 5) is 118. The highest BCUT2D eigenvalue weighted by Crippen LogP contribution is 2.11. The average Bonchev–Trinajstić information content (AvgIpc) is 3.13. The number of aliphatic carboxylic acids is 1. The Kier molecular flexibility index (Phi) is 26.0. The first-order chi connectivity index (χ1) is 27.2. The minimum atomic E-state index is -1.40. The second kappa shape index (κ2) is 28.8. The van der Waals surface area contributed by atoms with Crippen molar-refractivity contribution in [3.05, 3.63) is 0 Å². The lowest BCUT2D eigenvalue weighted by Crippen LogP contribution is -2.60. The van der Waals surface area contributed by atoms with Crippen LogP contribution in [0.2, 0.25) is 0 Å². The Hall–Kier alpha value is -5.58. The number of carbonyl (C=O) groups excluding carboxylic acids is 8. The fourth-order valence-electron chi connectivity index (χ4n) is 5.52. The van der Waals surface area contributed by atoms with Gasteiger partial charge in [-0.25, -0.2) is 0 Å². The molecule has 0 aromatic heterocycles. The summed E-state index contributed by atoms with van der Waals surface area (Å²) in [5.41, 5.74) is 32.8. The molecule has 58 heavy (non-hydrogen) atoms. The first-order valence-electron chi connectivity index (χ1n) is 19.3. The standard InChI is InChI=1S/C35H65N13O10/c1-19(2)28(48-33(57)24(43-20(3)49)13-15-27(51)52)34(58)47-23(10-5-7-17-37)31(55)45-22(9-4-6-16-36)30(54)46-25(12-14-26(38)50)32(56)44-21(29(39)53)11-8-18-42-35(40)41/h19,21-25,28H,4-18,36-37H2,1-3H3,(H2,38,50)(H2,39,53)(H,43,49)(H,44,56)(H,45,55)(H,46,54)(H,47,58)(H,48,57)(H,51,52)(H4,40,41,42)/t21-,22-,23-,24-,25-,28-/m0/s1. The predicted octanol–water partition coefficient (Wildman–Crippen LogP) is -4.50. The number of nitrogens with one attached hydrogen (secondary N) is 6. The van der Waals surface area contributed by atoms with Gasteiger partial charge in [-0.1, -0.05) is 13.8 Å². The SMILES string of the molecule is CC(=O)N[C@@H](CCC(=O)O)C(=O)N[C@H](C(=O)N[C@@H](CCCCN)C(=O)N[C@@H](CCCCN)C(=O)N[C@@H](CCC(N)=O)C(=O)N[C@@H](CCCN=C(N)N)C(N)=O)C(C)C. The van der Waals surface area contributed by atoms with Crippen LogP contribution >= 0.6 is 0 Å². The maximum absolute atomic E-state index is 13.9. The second-order valence-corrected chi connectivity index (χ2v) is 14.1. The topological polar surface area (TPSA) is 415 Å². The molecule has 0 aromatic rings. The molecule has 19 N–H and O–H groups in total. The number of rotatable bonds is 31. The summed E-state index contributed by atoms with van der Waals surface area (Å²) in [6.07, 6.45) is 0.805. The van der Waals surface area contributed by atoms with E-state index in [0.717, 1.165) is 6.92 Å². The zero-order valence-electron chi connectivity index (χ0n) is 33.7. The molecule has 0 radical (unpaired) electrons. The number of carboxylic acid groups (broad SMARTS) is 1. The van der Waals surface area contributed by atoms with E-state index in [2.05, 4.69) is 36.9 Å². The normalized spacial score (nSPS) is 14.0. The number of carbonyl (C=O) groups is 9. The summed E-state index contributed by atoms with van der Waals surface area (Å²) in [6.45, 7) is 5.09. The Morgan fingerprint density at radius 3 is 1.36 bits per heavy atom. The van der Waals surface area contributed by atoms with Gasteiger partial charge in [0.05, 0.1) is 0 Å². The molecule has 0 saturated carbocycles. The van der Waals surface area contributed by atoms with Gasteiger partial charge in [-0.05, 0) is 83.2 Å². The fourth-order valence-corrected chi connectivity index (χ4v) is 5.52. The van der Waals surface area contributed by atoms with E-state index < -0.39 is 102 Å². The zero-order valence-corrected chi connectivity index (χ0v) is 33.7. The van der Waals surface area contributed by atoms with E-state index in [0.29, 0.717) is 25.7 Å². The van der Waals surface area contributed by atoms with Crippen LogP contribution in [0.15, 0.2) is 4.99 Å². The van der Waals surface area contributed by atoms with Crippen molar-refractivity contribution in [3.63, 3.8) is 0 Å². The van der Waals surface area contributed by atoms with Crippen molar-refractivity contribution in [3.8, 4) is 0 Å². The first-order valence-corrected chi connectivity index (χ1v) is 19.3. The van der Waals surface area contributed by atoms with Gasteiger partial charge >= 0.3 is 5.97 Å². The highest BCUT2D eigenvalue weighted by atomic mass is 16.4. The van der Waals surface area contributed by atoms with Crippen LogP contribution in [-0.4, -0.2) is 120 Å². The Bertz CT molecular complexity index is 1420. The predicted molar refractivity (Wildman–Crippen MR) is 212 cm³/mol. The van der Waals surface area contributed by atoms with Gasteiger partial charge in [-0.2, -0.15) is 0 Å². The summed E-state index contributed by atoms with van der Waals surface area (Å²) < 4.78 is 0. The van der Waals surface area contributed by atoms with Crippen molar-refractivity contribution < 1.29 is 48.3 Å². The molecule has 0 bridgehead atoms. The van der Waals surface area contributed by atoms with Crippen LogP contribution < -0.4 is 66.3 Å². The van der Waals surface area contributed by atoms with E-state index >= 15 is 0 Å². The van der Waals surface area contributed by atoms with Crippen LogP contribution in [0.1, 0.15) is 97.8 Å². The first kappa shape index (κ1) is 52.4. The van der Waals surface area contributed by atoms with Crippen molar-refractivity contribution in [1.29, 1.82) is 0 Å². The Morgan fingerprint density at radius 2 is 0.948 bits per heavy atom. The molecule has 0 aliphatic carbocycles. The molecule has 0 aromatic carbocycles. The van der Waals surface area contributed by atoms with Crippen LogP contribution in [0.5, 0.6) is 0 Å². The quantitative estimate of drug-likeness (QED) is 0.0178. The summed E-state index contributed by atoms with van der Waals surface area (Å²) >= 11 is 0. The lowest BCUT2D eigenvalue weighted by Gasteiger charge is -2.28. The molecule has 0 fully saturated rings. The largest absolute Gasteiger partial charge is 0.481 e. The lowest BCUT2D eigenvalue weighted by molar-refractivity contribution is -0.138. The molecule has 8 amide bonds. The average molecular weight is 828 g/mol. The Morgan fingerprint density at radius 1 is 0.534 bits per heavy atom. The molecular formula is C35H65N13O10. The third-order valence-electron chi connectivity index (χ3n) is 8.67. The number of unbranched alkanes of at least 4 members (excludes halogenated alkanes) is 2. The van der Waals surface area contributed by atoms with Crippen LogP contribution in [0.3, 0.4) is 0 Å². The van der Waals surface area contributed by atoms with Gasteiger partial charge in [0, 0.05) is 26.3 Å². The molecule has 330 valence electrons. The van der Waals surface area contributed by atoms with Crippen LogP contribution in [0, 0.1) is 5.92 Å². The molecule has 0 aliphatic rings. The van der Waals surface area contributed by atoms with Crippen molar-refractivity contribution in [2.24, 2.45) is 45.3 Å². The van der Waals surface area contributed by atoms with Gasteiger partial charge in [-0.3, -0.25) is 48.1 Å². The Balaban J connectivity index is 6.36. The number of amides is 8. The number of aliphatic imine (C=N–C) groups is 1. The number of nitrogens with two attached hydrogens (primary N) is 6. The van der Waals surface area contributed by atoms with E-state index in [1.54, 1.807) is 13.8 Å². The number of hydrogen-bond donors (Lipinski definition) is 13. The minimum Gasteiger partial charge on any atom is -0.481 e. The van der Waals surface area contributed by atoms with Crippen LogP contribution in [0.4, 0.5) is 0 Å².